The highest BCUT2D eigenvalue weighted by Crippen LogP contribution is 2.11. The Balaban J connectivity index is 3.07. The van der Waals surface area contributed by atoms with Crippen LogP contribution in [0.1, 0.15) is 84.0 Å². The third kappa shape index (κ3) is 11.6. The fourth-order valence-corrected chi connectivity index (χ4v) is 2.07. The molecule has 0 radical (unpaired) electrons. The monoisotopic (exact) mass is 255 g/mol. The zero-order valence-corrected chi connectivity index (χ0v) is 11.9. The van der Waals surface area contributed by atoms with Crippen LogP contribution in [0.25, 0.3) is 0 Å². The lowest BCUT2D eigenvalue weighted by Crippen LogP contribution is -2.22. The Bertz CT molecular complexity index is 227. The molecule has 0 heterocycles. The zero-order chi connectivity index (χ0) is 13.6. The van der Waals surface area contributed by atoms with Crippen LogP contribution in [0.4, 0.5) is 0 Å². The molecule has 0 spiro atoms. The van der Waals surface area contributed by atoms with Crippen LogP contribution in [-0.4, -0.2) is 11.7 Å². The van der Waals surface area contributed by atoms with Gasteiger partial charge in [0.2, 0.25) is 5.78 Å². The number of nitrogens with two attached hydrogens (primary N) is 1. The summed E-state index contributed by atoms with van der Waals surface area (Å²) in [7, 11) is 0. The molecule has 0 fully saturated rings. The standard InChI is InChI=1S/C15H29NO2/c1-2-3-4-5-6-7-8-9-10-11-12-13-14(17)15(16)18/h2-13H2,1H3,(H2,16,18). The minimum atomic E-state index is -0.790. The first kappa shape index (κ1) is 17.1. The van der Waals surface area contributed by atoms with Crippen LogP contribution >= 0.6 is 0 Å². The van der Waals surface area contributed by atoms with Crippen LogP contribution in [0, 0.1) is 0 Å². The summed E-state index contributed by atoms with van der Waals surface area (Å²) in [6.45, 7) is 2.24. The second-order valence-electron chi connectivity index (χ2n) is 5.07. The van der Waals surface area contributed by atoms with Crippen molar-refractivity contribution >= 4 is 11.7 Å². The highest BCUT2D eigenvalue weighted by atomic mass is 16.2. The van der Waals surface area contributed by atoms with Crippen molar-refractivity contribution in [2.24, 2.45) is 5.73 Å². The van der Waals surface area contributed by atoms with Gasteiger partial charge in [-0.25, -0.2) is 0 Å². The number of unbranched alkanes of at least 4 members (excludes halogenated alkanes) is 10. The van der Waals surface area contributed by atoms with Crippen LogP contribution in [0.2, 0.25) is 0 Å². The van der Waals surface area contributed by atoms with Crippen molar-refractivity contribution < 1.29 is 9.59 Å². The van der Waals surface area contributed by atoms with E-state index in [0.29, 0.717) is 6.42 Å². The minimum absolute atomic E-state index is 0.326. The van der Waals surface area contributed by atoms with Crippen molar-refractivity contribution in [1.29, 1.82) is 0 Å². The highest BCUT2D eigenvalue weighted by molar-refractivity contribution is 6.35. The van der Waals surface area contributed by atoms with Gasteiger partial charge in [-0.1, -0.05) is 71.1 Å². The second kappa shape index (κ2) is 12.6. The molecule has 3 heteroatoms. The van der Waals surface area contributed by atoms with Gasteiger partial charge in [-0.05, 0) is 6.42 Å². The molecule has 0 rings (SSSR count). The van der Waals surface area contributed by atoms with Crippen LogP contribution < -0.4 is 5.73 Å². The molecule has 0 bridgehead atoms. The Hall–Kier alpha value is -0.860. The number of amides is 1. The molecule has 2 N–H and O–H groups in total. The van der Waals surface area contributed by atoms with E-state index in [4.69, 9.17) is 5.73 Å². The van der Waals surface area contributed by atoms with Crippen molar-refractivity contribution in [2.45, 2.75) is 84.0 Å². The van der Waals surface area contributed by atoms with E-state index in [-0.39, 0.29) is 0 Å². The molecule has 0 aromatic rings. The number of hydrogen-bond donors (Lipinski definition) is 1. The number of rotatable bonds is 13. The van der Waals surface area contributed by atoms with E-state index in [9.17, 15) is 9.59 Å². The largest absolute Gasteiger partial charge is 0.363 e. The Morgan fingerprint density at radius 1 is 0.722 bits per heavy atom. The van der Waals surface area contributed by atoms with E-state index in [2.05, 4.69) is 6.92 Å². The molecule has 0 aliphatic rings. The summed E-state index contributed by atoms with van der Waals surface area (Å²) < 4.78 is 0. The number of primary amides is 1. The molecule has 0 aliphatic heterocycles. The molecule has 18 heavy (non-hydrogen) atoms. The summed E-state index contributed by atoms with van der Waals surface area (Å²) in [5, 5.41) is 0. The molecular weight excluding hydrogens is 226 g/mol. The van der Waals surface area contributed by atoms with Crippen molar-refractivity contribution in [3.8, 4) is 0 Å². The zero-order valence-electron chi connectivity index (χ0n) is 11.9. The Labute approximate surface area is 112 Å². The number of carbonyl (C=O) groups excluding carboxylic acids is 2. The van der Waals surface area contributed by atoms with Crippen molar-refractivity contribution in [3.63, 3.8) is 0 Å². The quantitative estimate of drug-likeness (QED) is 0.402. The van der Waals surface area contributed by atoms with Gasteiger partial charge in [0, 0.05) is 6.42 Å². The molecule has 1 amide bonds. The third-order valence-corrected chi connectivity index (χ3v) is 3.28. The first-order chi connectivity index (χ1) is 8.68. The second-order valence-corrected chi connectivity index (χ2v) is 5.07. The van der Waals surface area contributed by atoms with Crippen molar-refractivity contribution in [2.75, 3.05) is 0 Å². The van der Waals surface area contributed by atoms with Crippen LogP contribution in [0.5, 0.6) is 0 Å². The van der Waals surface area contributed by atoms with Crippen LogP contribution in [0.15, 0.2) is 0 Å². The molecule has 106 valence electrons. The summed E-state index contributed by atoms with van der Waals surface area (Å²) in [5.74, 6) is -1.21. The third-order valence-electron chi connectivity index (χ3n) is 3.28. The summed E-state index contributed by atoms with van der Waals surface area (Å²) in [6.07, 6.45) is 14.0. The fourth-order valence-electron chi connectivity index (χ4n) is 2.07. The van der Waals surface area contributed by atoms with Gasteiger partial charge in [0.25, 0.3) is 5.91 Å². The minimum Gasteiger partial charge on any atom is -0.363 e. The van der Waals surface area contributed by atoms with E-state index in [1.165, 1.54) is 57.8 Å². The first-order valence-corrected chi connectivity index (χ1v) is 7.51. The van der Waals surface area contributed by atoms with E-state index < -0.39 is 11.7 Å². The van der Waals surface area contributed by atoms with Gasteiger partial charge in [-0.3, -0.25) is 9.59 Å². The lowest BCUT2D eigenvalue weighted by atomic mass is 10.0. The van der Waals surface area contributed by atoms with Gasteiger partial charge in [0.15, 0.2) is 0 Å². The Morgan fingerprint density at radius 2 is 1.11 bits per heavy atom. The molecule has 0 aromatic heterocycles. The van der Waals surface area contributed by atoms with Crippen molar-refractivity contribution in [3.05, 3.63) is 0 Å². The molecule has 0 aliphatic carbocycles. The molecule has 0 unspecified atom stereocenters. The Morgan fingerprint density at radius 3 is 1.50 bits per heavy atom. The van der Waals surface area contributed by atoms with E-state index >= 15 is 0 Å². The summed E-state index contributed by atoms with van der Waals surface area (Å²) >= 11 is 0. The predicted molar refractivity (Wildman–Crippen MR) is 75.3 cm³/mol. The van der Waals surface area contributed by atoms with E-state index in [0.717, 1.165) is 12.8 Å². The summed E-state index contributed by atoms with van der Waals surface area (Å²) in [4.78, 5) is 21.4. The normalized spacial score (nSPS) is 10.5. The van der Waals surface area contributed by atoms with Gasteiger partial charge in [-0.2, -0.15) is 0 Å². The van der Waals surface area contributed by atoms with Gasteiger partial charge in [0.1, 0.15) is 0 Å². The van der Waals surface area contributed by atoms with E-state index in [1.807, 2.05) is 0 Å². The average Bonchev–Trinajstić information content (AvgIpc) is 2.35. The molecule has 3 nitrogen and oxygen atoms in total. The summed E-state index contributed by atoms with van der Waals surface area (Å²) in [5.41, 5.74) is 4.88. The maximum Gasteiger partial charge on any atom is 0.284 e. The number of Topliss-reactive ketones (excluding diaryl/α,β-unsaturated/α-hetero) is 1. The number of ketones is 1. The lowest BCUT2D eigenvalue weighted by molar-refractivity contribution is -0.136. The van der Waals surface area contributed by atoms with Crippen LogP contribution in [0.3, 0.4) is 0 Å². The topological polar surface area (TPSA) is 60.2 Å². The average molecular weight is 255 g/mol. The highest BCUT2D eigenvalue weighted by Gasteiger charge is 2.07. The Kier molecular flexibility index (Phi) is 12.0. The SMILES string of the molecule is CCCCCCCCCCCCCC(=O)C(N)=O. The molecular formula is C15H29NO2. The van der Waals surface area contributed by atoms with Gasteiger partial charge in [-0.15, -0.1) is 0 Å². The molecule has 0 saturated heterocycles. The predicted octanol–water partition coefficient (Wildman–Crippen LogP) is 3.74. The van der Waals surface area contributed by atoms with Gasteiger partial charge < -0.3 is 5.73 Å². The van der Waals surface area contributed by atoms with Crippen LogP contribution in [-0.2, 0) is 9.59 Å². The van der Waals surface area contributed by atoms with E-state index in [1.54, 1.807) is 0 Å². The van der Waals surface area contributed by atoms with Crippen molar-refractivity contribution in [1.82, 2.24) is 0 Å². The maximum absolute atomic E-state index is 10.9. The lowest BCUT2D eigenvalue weighted by Gasteiger charge is -2.02. The molecule has 0 saturated carbocycles. The summed E-state index contributed by atoms with van der Waals surface area (Å²) in [6, 6.07) is 0. The van der Waals surface area contributed by atoms with Gasteiger partial charge >= 0.3 is 0 Å². The van der Waals surface area contributed by atoms with Gasteiger partial charge in [0.05, 0.1) is 0 Å². The molecule has 0 aromatic carbocycles. The first-order valence-electron chi connectivity index (χ1n) is 7.51. The smallest absolute Gasteiger partial charge is 0.284 e. The molecule has 0 atom stereocenters. The maximum atomic E-state index is 10.9. The number of hydrogen-bond acceptors (Lipinski definition) is 2. The number of carbonyl (C=O) groups is 2. The fraction of sp³-hybridized carbons (Fsp3) is 0.867.